The van der Waals surface area contributed by atoms with Crippen LogP contribution in [0.1, 0.15) is 27.7 Å². The van der Waals surface area contributed by atoms with Crippen molar-refractivity contribution in [1.29, 1.82) is 0 Å². The highest BCUT2D eigenvalue weighted by Crippen LogP contribution is 2.20. The molecule has 0 aliphatic heterocycles. The van der Waals surface area contributed by atoms with Gasteiger partial charge in [0, 0.05) is 0 Å². The summed E-state index contributed by atoms with van der Waals surface area (Å²) < 4.78 is 4.94. The lowest BCUT2D eigenvalue weighted by Gasteiger charge is -2.17. The second-order valence-corrected chi connectivity index (χ2v) is 3.28. The molecule has 0 bridgehead atoms. The monoisotopic (exact) mass is 157 g/mol. The van der Waals surface area contributed by atoms with Gasteiger partial charge in [-0.05, 0) is 24.3 Å². The molecule has 0 aromatic heterocycles. The highest BCUT2D eigenvalue weighted by molar-refractivity contribution is 5.06. The number of ether oxygens (including phenoxy) is 1. The molecule has 0 saturated carbocycles. The zero-order chi connectivity index (χ0) is 9.02. The Morgan fingerprint density at radius 2 is 1.73 bits per heavy atom. The summed E-state index contributed by atoms with van der Waals surface area (Å²) in [5.41, 5.74) is 6.75. The number of methoxy groups -OCH3 is 1. The molecule has 0 heterocycles. The molecule has 0 aromatic carbocycles. The van der Waals surface area contributed by atoms with Gasteiger partial charge in [-0.1, -0.05) is 20.8 Å². The Labute approximate surface area is 69.4 Å². The van der Waals surface area contributed by atoms with Crippen molar-refractivity contribution in [2.24, 2.45) is 17.6 Å². The first-order chi connectivity index (χ1) is 5.00. The van der Waals surface area contributed by atoms with Gasteiger partial charge in [0.15, 0.2) is 5.88 Å². The first kappa shape index (κ1) is 10.3. The molecule has 0 fully saturated rings. The summed E-state index contributed by atoms with van der Waals surface area (Å²) in [4.78, 5) is 0. The second-order valence-electron chi connectivity index (χ2n) is 3.28. The lowest BCUT2D eigenvalue weighted by atomic mass is 9.91. The molecule has 0 radical (unpaired) electrons. The Kier molecular flexibility index (Phi) is 4.01. The van der Waals surface area contributed by atoms with E-state index in [1.54, 1.807) is 7.11 Å². The topological polar surface area (TPSA) is 35.2 Å². The van der Waals surface area contributed by atoms with Crippen LogP contribution in [0.2, 0.25) is 0 Å². The Morgan fingerprint density at radius 3 is 2.00 bits per heavy atom. The van der Waals surface area contributed by atoms with Gasteiger partial charge in [0.2, 0.25) is 0 Å². The second kappa shape index (κ2) is 4.27. The van der Waals surface area contributed by atoms with E-state index in [1.165, 1.54) is 0 Å². The number of hydrogen-bond acceptors (Lipinski definition) is 2. The van der Waals surface area contributed by atoms with E-state index in [0.717, 1.165) is 5.57 Å². The quantitative estimate of drug-likeness (QED) is 0.637. The third-order valence-electron chi connectivity index (χ3n) is 2.29. The molecule has 66 valence electrons. The van der Waals surface area contributed by atoms with Crippen LogP contribution in [0.15, 0.2) is 11.5 Å². The van der Waals surface area contributed by atoms with Gasteiger partial charge in [0.05, 0.1) is 7.11 Å². The van der Waals surface area contributed by atoms with Crippen LogP contribution in [0.3, 0.4) is 0 Å². The predicted octanol–water partition coefficient (Wildman–Crippen LogP) is 2.12. The molecule has 0 rings (SSSR count). The van der Waals surface area contributed by atoms with Gasteiger partial charge in [0.25, 0.3) is 0 Å². The van der Waals surface area contributed by atoms with Crippen LogP contribution in [0.4, 0.5) is 0 Å². The highest BCUT2D eigenvalue weighted by atomic mass is 16.5. The Balaban J connectivity index is 4.33. The van der Waals surface area contributed by atoms with Crippen molar-refractivity contribution in [3.8, 4) is 0 Å². The molecule has 2 N–H and O–H groups in total. The summed E-state index contributed by atoms with van der Waals surface area (Å²) in [6.07, 6.45) is 0. The standard InChI is InChI=1S/C9H19NO/c1-6(2)7(3)8(4)9(10)11-5/h6-7H,10H2,1-5H3/b9-8+. The lowest BCUT2D eigenvalue weighted by Crippen LogP contribution is -2.12. The van der Waals surface area contributed by atoms with Gasteiger partial charge in [0.1, 0.15) is 0 Å². The van der Waals surface area contributed by atoms with Crippen molar-refractivity contribution >= 4 is 0 Å². The van der Waals surface area contributed by atoms with E-state index in [9.17, 15) is 0 Å². The van der Waals surface area contributed by atoms with E-state index in [0.29, 0.717) is 17.7 Å². The smallest absolute Gasteiger partial charge is 0.182 e. The van der Waals surface area contributed by atoms with Crippen LogP contribution in [0, 0.1) is 11.8 Å². The van der Waals surface area contributed by atoms with Crippen LogP contribution in [0.25, 0.3) is 0 Å². The maximum Gasteiger partial charge on any atom is 0.182 e. The maximum absolute atomic E-state index is 5.61. The van der Waals surface area contributed by atoms with Crippen LogP contribution in [-0.2, 0) is 4.74 Å². The van der Waals surface area contributed by atoms with Crippen molar-refractivity contribution < 1.29 is 4.74 Å². The van der Waals surface area contributed by atoms with E-state index in [-0.39, 0.29) is 0 Å². The minimum atomic E-state index is 0.495. The SMILES string of the molecule is CO/C(N)=C(\C)C(C)C(C)C. The molecule has 0 spiro atoms. The summed E-state index contributed by atoms with van der Waals surface area (Å²) in [7, 11) is 1.60. The summed E-state index contributed by atoms with van der Waals surface area (Å²) in [6, 6.07) is 0. The maximum atomic E-state index is 5.61. The molecule has 2 nitrogen and oxygen atoms in total. The molecular weight excluding hydrogens is 138 g/mol. The van der Waals surface area contributed by atoms with E-state index < -0.39 is 0 Å². The average Bonchev–Trinajstić information content (AvgIpc) is 2.00. The Morgan fingerprint density at radius 1 is 1.27 bits per heavy atom. The van der Waals surface area contributed by atoms with Crippen LogP contribution in [0.5, 0.6) is 0 Å². The van der Waals surface area contributed by atoms with Gasteiger partial charge in [-0.25, -0.2) is 0 Å². The van der Waals surface area contributed by atoms with E-state index in [2.05, 4.69) is 20.8 Å². The van der Waals surface area contributed by atoms with Gasteiger partial charge in [-0.2, -0.15) is 0 Å². The molecule has 0 saturated heterocycles. The molecular formula is C9H19NO. The van der Waals surface area contributed by atoms with Crippen molar-refractivity contribution in [3.63, 3.8) is 0 Å². The zero-order valence-corrected chi connectivity index (χ0v) is 8.14. The summed E-state index contributed by atoms with van der Waals surface area (Å²) in [5.74, 6) is 1.67. The van der Waals surface area contributed by atoms with E-state index >= 15 is 0 Å². The van der Waals surface area contributed by atoms with Gasteiger partial charge in [-0.15, -0.1) is 0 Å². The Hall–Kier alpha value is -0.660. The van der Waals surface area contributed by atoms with Crippen molar-refractivity contribution in [3.05, 3.63) is 11.5 Å². The number of allylic oxidation sites excluding steroid dienone is 1. The fourth-order valence-electron chi connectivity index (χ4n) is 0.885. The molecule has 2 heteroatoms. The number of hydrogen-bond donors (Lipinski definition) is 1. The molecule has 0 amide bonds. The molecule has 1 atom stereocenters. The molecule has 1 unspecified atom stereocenters. The predicted molar refractivity (Wildman–Crippen MR) is 47.9 cm³/mol. The molecule has 0 aliphatic rings. The Bertz CT molecular complexity index is 150. The van der Waals surface area contributed by atoms with Crippen LogP contribution in [-0.4, -0.2) is 7.11 Å². The first-order valence-corrected chi connectivity index (χ1v) is 4.01. The summed E-state index contributed by atoms with van der Waals surface area (Å²) >= 11 is 0. The third kappa shape index (κ3) is 2.83. The van der Waals surface area contributed by atoms with Crippen LogP contribution >= 0.6 is 0 Å². The fourth-order valence-corrected chi connectivity index (χ4v) is 0.885. The normalized spacial score (nSPS) is 16.2. The van der Waals surface area contributed by atoms with E-state index in [1.807, 2.05) is 6.92 Å². The van der Waals surface area contributed by atoms with Crippen LogP contribution < -0.4 is 5.73 Å². The highest BCUT2D eigenvalue weighted by Gasteiger charge is 2.11. The average molecular weight is 157 g/mol. The summed E-state index contributed by atoms with van der Waals surface area (Å²) in [6.45, 7) is 8.53. The van der Waals surface area contributed by atoms with Gasteiger partial charge < -0.3 is 10.5 Å². The lowest BCUT2D eigenvalue weighted by molar-refractivity contribution is 0.273. The van der Waals surface area contributed by atoms with Crippen molar-refractivity contribution in [2.45, 2.75) is 27.7 Å². The molecule has 11 heavy (non-hydrogen) atoms. The van der Waals surface area contributed by atoms with Gasteiger partial charge in [-0.3, -0.25) is 0 Å². The zero-order valence-electron chi connectivity index (χ0n) is 8.14. The molecule has 0 aromatic rings. The minimum Gasteiger partial charge on any atom is -0.483 e. The molecule has 0 aliphatic carbocycles. The fraction of sp³-hybridized carbons (Fsp3) is 0.778. The third-order valence-corrected chi connectivity index (χ3v) is 2.29. The summed E-state index contributed by atoms with van der Waals surface area (Å²) in [5, 5.41) is 0. The van der Waals surface area contributed by atoms with Crippen molar-refractivity contribution in [2.75, 3.05) is 7.11 Å². The first-order valence-electron chi connectivity index (χ1n) is 4.01. The number of nitrogens with two attached hydrogens (primary N) is 1. The van der Waals surface area contributed by atoms with Crippen molar-refractivity contribution in [1.82, 2.24) is 0 Å². The number of rotatable bonds is 3. The van der Waals surface area contributed by atoms with Gasteiger partial charge >= 0.3 is 0 Å². The minimum absolute atomic E-state index is 0.495. The van der Waals surface area contributed by atoms with E-state index in [4.69, 9.17) is 10.5 Å². The largest absolute Gasteiger partial charge is 0.483 e.